The Labute approximate surface area is 90.8 Å². The van der Waals surface area contributed by atoms with Crippen LogP contribution >= 0.6 is 0 Å². The summed E-state index contributed by atoms with van der Waals surface area (Å²) in [5.41, 5.74) is 0. The molecular formula is C11H18N2O2. The molecule has 84 valence electrons. The highest BCUT2D eigenvalue weighted by Crippen LogP contribution is 2.36. The van der Waals surface area contributed by atoms with Crippen molar-refractivity contribution in [2.75, 3.05) is 26.7 Å². The molecule has 3 unspecified atom stereocenters. The minimum atomic E-state index is -0.466. The van der Waals surface area contributed by atoms with Crippen molar-refractivity contribution in [2.24, 2.45) is 5.92 Å². The van der Waals surface area contributed by atoms with Crippen molar-refractivity contribution in [1.82, 2.24) is 4.90 Å². The van der Waals surface area contributed by atoms with E-state index in [4.69, 9.17) is 14.7 Å². The number of rotatable bonds is 2. The first kappa shape index (κ1) is 10.9. The van der Waals surface area contributed by atoms with E-state index < -0.39 is 5.79 Å². The van der Waals surface area contributed by atoms with Crippen molar-refractivity contribution in [3.63, 3.8) is 0 Å². The van der Waals surface area contributed by atoms with Crippen LogP contribution in [0.15, 0.2) is 0 Å². The molecule has 0 saturated carbocycles. The molecule has 2 aliphatic rings. The van der Waals surface area contributed by atoms with Gasteiger partial charge >= 0.3 is 0 Å². The van der Waals surface area contributed by atoms with Crippen LogP contribution in [0.2, 0.25) is 0 Å². The summed E-state index contributed by atoms with van der Waals surface area (Å²) in [4.78, 5) is 2.29. The van der Waals surface area contributed by atoms with Crippen molar-refractivity contribution in [3.8, 4) is 6.07 Å². The Morgan fingerprint density at radius 2 is 2.40 bits per heavy atom. The molecular weight excluding hydrogens is 192 g/mol. The third-order valence-electron chi connectivity index (χ3n) is 3.41. The van der Waals surface area contributed by atoms with Gasteiger partial charge < -0.3 is 14.4 Å². The second-order valence-electron chi connectivity index (χ2n) is 4.68. The zero-order chi connectivity index (χ0) is 10.9. The van der Waals surface area contributed by atoms with E-state index in [1.54, 1.807) is 0 Å². The summed E-state index contributed by atoms with van der Waals surface area (Å²) in [7, 11) is 2.12. The lowest BCUT2D eigenvalue weighted by molar-refractivity contribution is -0.187. The standard InChI is InChI=1S/C11H18N2O2/c1-11(9-4-6-13(2)7-9)14-8-10(15-11)3-5-12/h9-10H,3-4,6-8H2,1-2H3. The summed E-state index contributed by atoms with van der Waals surface area (Å²) >= 11 is 0. The smallest absolute Gasteiger partial charge is 0.170 e. The van der Waals surface area contributed by atoms with Crippen LogP contribution in [0.3, 0.4) is 0 Å². The average Bonchev–Trinajstić information content (AvgIpc) is 2.75. The lowest BCUT2D eigenvalue weighted by Crippen LogP contribution is -2.38. The number of likely N-dealkylation sites (tertiary alicyclic amines) is 1. The van der Waals surface area contributed by atoms with Crippen LogP contribution in [-0.2, 0) is 9.47 Å². The monoisotopic (exact) mass is 210 g/mol. The molecule has 15 heavy (non-hydrogen) atoms. The van der Waals surface area contributed by atoms with Crippen LogP contribution in [0.4, 0.5) is 0 Å². The first-order chi connectivity index (χ1) is 7.14. The highest BCUT2D eigenvalue weighted by atomic mass is 16.7. The van der Waals surface area contributed by atoms with Gasteiger partial charge in [-0.3, -0.25) is 0 Å². The van der Waals surface area contributed by atoms with Gasteiger partial charge in [0.05, 0.1) is 25.2 Å². The molecule has 0 spiro atoms. The number of hydrogen-bond donors (Lipinski definition) is 0. The lowest BCUT2D eigenvalue weighted by atomic mass is 9.99. The van der Waals surface area contributed by atoms with Crippen molar-refractivity contribution in [1.29, 1.82) is 5.26 Å². The predicted molar refractivity (Wildman–Crippen MR) is 55.1 cm³/mol. The fourth-order valence-electron chi connectivity index (χ4n) is 2.44. The fraction of sp³-hybridized carbons (Fsp3) is 0.909. The van der Waals surface area contributed by atoms with Gasteiger partial charge in [-0.2, -0.15) is 5.26 Å². The van der Waals surface area contributed by atoms with Gasteiger partial charge in [-0.15, -0.1) is 0 Å². The zero-order valence-electron chi connectivity index (χ0n) is 9.40. The molecule has 0 aromatic carbocycles. The largest absolute Gasteiger partial charge is 0.347 e. The van der Waals surface area contributed by atoms with E-state index in [0.717, 1.165) is 19.5 Å². The number of nitriles is 1. The molecule has 0 amide bonds. The summed E-state index contributed by atoms with van der Waals surface area (Å²) in [6.45, 7) is 4.70. The molecule has 4 heteroatoms. The van der Waals surface area contributed by atoms with E-state index in [1.165, 1.54) is 0 Å². The SMILES string of the molecule is CN1CCC(C2(C)OCC(CC#N)O2)C1. The molecule has 0 N–H and O–H groups in total. The molecule has 2 aliphatic heterocycles. The molecule has 2 rings (SSSR count). The third-order valence-corrected chi connectivity index (χ3v) is 3.41. The first-order valence-electron chi connectivity index (χ1n) is 5.51. The summed E-state index contributed by atoms with van der Waals surface area (Å²) in [6, 6.07) is 2.13. The zero-order valence-corrected chi connectivity index (χ0v) is 9.40. The lowest BCUT2D eigenvalue weighted by Gasteiger charge is -2.29. The molecule has 0 aromatic rings. The Kier molecular flexibility index (Phi) is 2.96. The Balaban J connectivity index is 1.94. The predicted octanol–water partition coefficient (Wildman–Crippen LogP) is 0.983. The van der Waals surface area contributed by atoms with E-state index >= 15 is 0 Å². The highest BCUT2D eigenvalue weighted by Gasteiger charge is 2.45. The van der Waals surface area contributed by atoms with E-state index in [0.29, 0.717) is 18.9 Å². The summed E-state index contributed by atoms with van der Waals surface area (Å²) in [5, 5.41) is 8.61. The van der Waals surface area contributed by atoms with Crippen molar-refractivity contribution >= 4 is 0 Å². The molecule has 2 fully saturated rings. The van der Waals surface area contributed by atoms with E-state index in [1.807, 2.05) is 6.92 Å². The topological polar surface area (TPSA) is 45.5 Å². The van der Waals surface area contributed by atoms with E-state index in [-0.39, 0.29) is 6.10 Å². The van der Waals surface area contributed by atoms with Crippen LogP contribution in [0.25, 0.3) is 0 Å². The van der Waals surface area contributed by atoms with Crippen molar-refractivity contribution in [2.45, 2.75) is 31.7 Å². The second kappa shape index (κ2) is 4.09. The van der Waals surface area contributed by atoms with Crippen LogP contribution in [0, 0.1) is 17.2 Å². The van der Waals surface area contributed by atoms with Gasteiger partial charge in [0.1, 0.15) is 0 Å². The van der Waals surface area contributed by atoms with E-state index in [9.17, 15) is 0 Å². The Morgan fingerprint density at radius 3 is 3.00 bits per heavy atom. The fourth-order valence-corrected chi connectivity index (χ4v) is 2.44. The summed E-state index contributed by atoms with van der Waals surface area (Å²) in [5.74, 6) is -0.0297. The highest BCUT2D eigenvalue weighted by molar-refractivity contribution is 4.90. The average molecular weight is 210 g/mol. The maximum atomic E-state index is 8.61. The molecule has 0 aromatic heterocycles. The molecule has 3 atom stereocenters. The third kappa shape index (κ3) is 2.15. The van der Waals surface area contributed by atoms with Crippen LogP contribution < -0.4 is 0 Å². The molecule has 0 aliphatic carbocycles. The van der Waals surface area contributed by atoms with Gasteiger partial charge in [0.2, 0.25) is 0 Å². The van der Waals surface area contributed by atoms with Gasteiger partial charge in [0.25, 0.3) is 0 Å². The first-order valence-corrected chi connectivity index (χ1v) is 5.51. The Hall–Kier alpha value is -0.630. The minimum absolute atomic E-state index is 0.0362. The quantitative estimate of drug-likeness (QED) is 0.681. The van der Waals surface area contributed by atoms with Gasteiger partial charge in [0.15, 0.2) is 5.79 Å². The van der Waals surface area contributed by atoms with E-state index in [2.05, 4.69) is 18.0 Å². The number of hydrogen-bond acceptors (Lipinski definition) is 4. The van der Waals surface area contributed by atoms with Crippen LogP contribution in [0.5, 0.6) is 0 Å². The van der Waals surface area contributed by atoms with Gasteiger partial charge in [0, 0.05) is 12.5 Å². The Morgan fingerprint density at radius 1 is 1.60 bits per heavy atom. The molecule has 2 heterocycles. The van der Waals surface area contributed by atoms with Gasteiger partial charge in [-0.25, -0.2) is 0 Å². The second-order valence-corrected chi connectivity index (χ2v) is 4.68. The van der Waals surface area contributed by atoms with Crippen LogP contribution in [-0.4, -0.2) is 43.5 Å². The number of nitrogens with zero attached hydrogens (tertiary/aromatic N) is 2. The number of ether oxygens (including phenoxy) is 2. The van der Waals surface area contributed by atoms with Crippen molar-refractivity contribution in [3.05, 3.63) is 0 Å². The van der Waals surface area contributed by atoms with Gasteiger partial charge in [-0.1, -0.05) is 0 Å². The Bertz CT molecular complexity index is 276. The summed E-state index contributed by atoms with van der Waals surface area (Å²) in [6.07, 6.45) is 1.51. The molecule has 0 radical (unpaired) electrons. The maximum Gasteiger partial charge on any atom is 0.170 e. The van der Waals surface area contributed by atoms with Crippen molar-refractivity contribution < 1.29 is 9.47 Å². The minimum Gasteiger partial charge on any atom is -0.347 e. The molecule has 2 saturated heterocycles. The summed E-state index contributed by atoms with van der Waals surface area (Å²) < 4.78 is 11.6. The van der Waals surface area contributed by atoms with Crippen LogP contribution in [0.1, 0.15) is 19.8 Å². The van der Waals surface area contributed by atoms with Gasteiger partial charge in [-0.05, 0) is 26.9 Å². The normalized spacial score (nSPS) is 41.9. The molecule has 4 nitrogen and oxygen atoms in total. The molecule has 0 bridgehead atoms. The maximum absolute atomic E-state index is 8.61.